The summed E-state index contributed by atoms with van der Waals surface area (Å²) in [5, 5.41) is 0.907. The SMILES string of the molecule is CC(C)(C)OC(=O)Cc1cc(CSc2ccc(Cl)cc2NS(=O)(=O)c2cc3ccccc3o2)ccn1. The van der Waals surface area contributed by atoms with E-state index in [9.17, 15) is 13.2 Å². The lowest BCUT2D eigenvalue weighted by Gasteiger charge is -2.19. The molecule has 4 rings (SSSR count). The van der Waals surface area contributed by atoms with Crippen LogP contribution in [0.4, 0.5) is 5.69 Å². The fraction of sp³-hybridized carbons (Fsp3) is 0.231. The Morgan fingerprint density at radius 3 is 2.64 bits per heavy atom. The van der Waals surface area contributed by atoms with Gasteiger partial charge in [-0.15, -0.1) is 11.8 Å². The highest BCUT2D eigenvalue weighted by Gasteiger charge is 2.22. The molecule has 188 valence electrons. The van der Waals surface area contributed by atoms with E-state index in [1.807, 2.05) is 39.0 Å². The van der Waals surface area contributed by atoms with Gasteiger partial charge in [0.25, 0.3) is 10.0 Å². The third-order valence-electron chi connectivity index (χ3n) is 4.87. The zero-order valence-electron chi connectivity index (χ0n) is 19.9. The van der Waals surface area contributed by atoms with Crippen molar-refractivity contribution in [2.75, 3.05) is 4.72 Å². The maximum absolute atomic E-state index is 13.0. The summed E-state index contributed by atoms with van der Waals surface area (Å²) in [5.41, 5.74) is 1.79. The van der Waals surface area contributed by atoms with Gasteiger partial charge in [0.15, 0.2) is 0 Å². The van der Waals surface area contributed by atoms with Gasteiger partial charge in [-0.05, 0) is 62.7 Å². The van der Waals surface area contributed by atoms with Crippen molar-refractivity contribution in [3.63, 3.8) is 0 Å². The number of nitrogens with zero attached hydrogens (tertiary/aromatic N) is 1. The number of rotatable bonds is 8. The number of carbonyl (C=O) groups excluding carboxylic acids is 1. The van der Waals surface area contributed by atoms with Crippen molar-refractivity contribution in [1.29, 1.82) is 0 Å². The van der Waals surface area contributed by atoms with Gasteiger partial charge in [-0.3, -0.25) is 14.5 Å². The van der Waals surface area contributed by atoms with E-state index in [1.54, 1.807) is 42.6 Å². The minimum absolute atomic E-state index is 0.0687. The predicted octanol–water partition coefficient (Wildman–Crippen LogP) is 6.46. The van der Waals surface area contributed by atoms with Crippen molar-refractivity contribution in [3.8, 4) is 0 Å². The highest BCUT2D eigenvalue weighted by molar-refractivity contribution is 7.98. The Morgan fingerprint density at radius 1 is 1.11 bits per heavy atom. The number of benzene rings is 2. The first kappa shape index (κ1) is 26.1. The molecular formula is C26H25ClN2O5S2. The van der Waals surface area contributed by atoms with E-state index >= 15 is 0 Å². The Balaban J connectivity index is 1.49. The number of halogens is 1. The summed E-state index contributed by atoms with van der Waals surface area (Å²) in [6.07, 6.45) is 1.71. The molecule has 0 saturated carbocycles. The average molecular weight is 545 g/mol. The highest BCUT2D eigenvalue weighted by atomic mass is 35.5. The number of hydrogen-bond donors (Lipinski definition) is 1. The summed E-state index contributed by atoms with van der Waals surface area (Å²) < 4.78 is 39.6. The summed E-state index contributed by atoms with van der Waals surface area (Å²) in [6.45, 7) is 5.45. The zero-order valence-corrected chi connectivity index (χ0v) is 22.3. The Kier molecular flexibility index (Phi) is 7.63. The van der Waals surface area contributed by atoms with Crippen LogP contribution >= 0.6 is 23.4 Å². The van der Waals surface area contributed by atoms with Gasteiger partial charge in [0, 0.05) is 33.3 Å². The lowest BCUT2D eigenvalue weighted by molar-refractivity contribution is -0.154. The average Bonchev–Trinajstić information content (AvgIpc) is 3.23. The topological polar surface area (TPSA) is 98.5 Å². The molecular weight excluding hydrogens is 520 g/mol. The van der Waals surface area contributed by atoms with E-state index in [0.29, 0.717) is 38.0 Å². The van der Waals surface area contributed by atoms with Gasteiger partial charge in [-0.2, -0.15) is 8.42 Å². The first-order valence-electron chi connectivity index (χ1n) is 11.1. The number of hydrogen-bond acceptors (Lipinski definition) is 7. The summed E-state index contributed by atoms with van der Waals surface area (Å²) in [6, 6.07) is 17.3. The molecule has 0 saturated heterocycles. The Labute approximate surface area is 219 Å². The molecule has 0 unspecified atom stereocenters. The van der Waals surface area contributed by atoms with E-state index in [1.165, 1.54) is 17.8 Å². The molecule has 0 atom stereocenters. The molecule has 0 amide bonds. The Hall–Kier alpha value is -3.01. The third kappa shape index (κ3) is 6.81. The first-order chi connectivity index (χ1) is 17.0. The van der Waals surface area contributed by atoms with E-state index < -0.39 is 15.6 Å². The molecule has 36 heavy (non-hydrogen) atoms. The molecule has 0 fully saturated rings. The molecule has 0 aliphatic rings. The lowest BCUT2D eigenvalue weighted by atomic mass is 10.2. The van der Waals surface area contributed by atoms with Gasteiger partial charge >= 0.3 is 5.97 Å². The largest absolute Gasteiger partial charge is 0.460 e. The number of fused-ring (bicyclic) bond motifs is 1. The van der Waals surface area contributed by atoms with Crippen LogP contribution in [0.25, 0.3) is 11.0 Å². The van der Waals surface area contributed by atoms with E-state index in [2.05, 4.69) is 9.71 Å². The number of esters is 1. The van der Waals surface area contributed by atoms with Crippen LogP contribution in [0.3, 0.4) is 0 Å². The molecule has 0 radical (unpaired) electrons. The molecule has 4 aromatic rings. The third-order valence-corrected chi connectivity index (χ3v) is 7.47. The number of sulfonamides is 1. The van der Waals surface area contributed by atoms with Crippen LogP contribution in [0.15, 0.2) is 81.3 Å². The second-order valence-electron chi connectivity index (χ2n) is 9.06. The molecule has 0 aliphatic heterocycles. The quantitative estimate of drug-likeness (QED) is 0.201. The molecule has 2 heterocycles. The van der Waals surface area contributed by atoms with Crippen molar-refractivity contribution in [2.45, 2.75) is 48.5 Å². The van der Waals surface area contributed by atoms with Crippen LogP contribution in [-0.4, -0.2) is 25.0 Å². The number of thioether (sulfide) groups is 1. The molecule has 0 bridgehead atoms. The number of anilines is 1. The van der Waals surface area contributed by atoms with Gasteiger partial charge in [0.05, 0.1) is 17.8 Å². The van der Waals surface area contributed by atoms with Crippen LogP contribution in [0.1, 0.15) is 32.0 Å². The summed E-state index contributed by atoms with van der Waals surface area (Å²) in [7, 11) is -3.98. The molecule has 10 heteroatoms. The maximum Gasteiger partial charge on any atom is 0.312 e. The summed E-state index contributed by atoms with van der Waals surface area (Å²) >= 11 is 7.60. The van der Waals surface area contributed by atoms with Crippen molar-refractivity contribution in [3.05, 3.63) is 83.1 Å². The van der Waals surface area contributed by atoms with Crippen molar-refractivity contribution in [1.82, 2.24) is 4.98 Å². The predicted molar refractivity (Wildman–Crippen MR) is 142 cm³/mol. The van der Waals surface area contributed by atoms with Crippen LogP contribution < -0.4 is 4.72 Å². The Bertz CT molecular complexity index is 1480. The number of pyridine rings is 1. The molecule has 0 spiro atoms. The van der Waals surface area contributed by atoms with E-state index in [-0.39, 0.29) is 17.5 Å². The molecule has 1 N–H and O–H groups in total. The number of ether oxygens (including phenoxy) is 1. The van der Waals surface area contributed by atoms with Crippen molar-refractivity contribution in [2.24, 2.45) is 0 Å². The van der Waals surface area contributed by atoms with Crippen LogP contribution in [0, 0.1) is 0 Å². The van der Waals surface area contributed by atoms with Crippen molar-refractivity contribution < 1.29 is 22.4 Å². The highest BCUT2D eigenvalue weighted by Crippen LogP contribution is 2.34. The minimum atomic E-state index is -3.98. The Morgan fingerprint density at radius 2 is 1.89 bits per heavy atom. The van der Waals surface area contributed by atoms with Crippen molar-refractivity contribution >= 4 is 56.0 Å². The molecule has 0 aliphatic carbocycles. The maximum atomic E-state index is 13.0. The minimum Gasteiger partial charge on any atom is -0.460 e. The first-order valence-corrected chi connectivity index (χ1v) is 13.9. The number of aromatic nitrogens is 1. The second-order valence-corrected chi connectivity index (χ2v) is 12.1. The molecule has 7 nitrogen and oxygen atoms in total. The van der Waals surface area contributed by atoms with Gasteiger partial charge in [-0.1, -0.05) is 29.8 Å². The van der Waals surface area contributed by atoms with Crippen LogP contribution in [0.5, 0.6) is 0 Å². The fourth-order valence-corrected chi connectivity index (χ4v) is 5.60. The number of nitrogens with one attached hydrogen (secondary N) is 1. The second kappa shape index (κ2) is 10.5. The summed E-state index contributed by atoms with van der Waals surface area (Å²) in [5.74, 6) is 0.171. The molecule has 2 aromatic heterocycles. The monoisotopic (exact) mass is 544 g/mol. The van der Waals surface area contributed by atoms with Gasteiger partial charge in [0.1, 0.15) is 11.2 Å². The van der Waals surface area contributed by atoms with Gasteiger partial charge < -0.3 is 9.15 Å². The number of para-hydroxylation sites is 1. The standard InChI is InChI=1S/C26H25ClN2O5S2/c1-26(2,3)34-24(30)15-20-12-17(10-11-28-20)16-35-23-9-8-19(27)14-21(23)29-36(31,32)25-13-18-6-4-5-7-22(18)33-25/h4-14,29H,15-16H2,1-3H3. The van der Waals surface area contributed by atoms with Gasteiger partial charge in [0.2, 0.25) is 5.09 Å². The van der Waals surface area contributed by atoms with E-state index in [4.69, 9.17) is 20.8 Å². The normalized spacial score (nSPS) is 12.0. The molecule has 2 aromatic carbocycles. The van der Waals surface area contributed by atoms with E-state index in [0.717, 1.165) is 5.56 Å². The van der Waals surface area contributed by atoms with Crippen LogP contribution in [-0.2, 0) is 31.7 Å². The number of furan rings is 1. The van der Waals surface area contributed by atoms with Gasteiger partial charge in [-0.25, -0.2) is 0 Å². The fourth-order valence-electron chi connectivity index (χ4n) is 3.39. The zero-order chi connectivity index (χ0) is 25.9. The summed E-state index contributed by atoms with van der Waals surface area (Å²) in [4.78, 5) is 17.1. The van der Waals surface area contributed by atoms with Crippen LogP contribution in [0.2, 0.25) is 5.02 Å². The lowest BCUT2D eigenvalue weighted by Crippen LogP contribution is -2.25. The number of carbonyl (C=O) groups is 1. The smallest absolute Gasteiger partial charge is 0.312 e.